The van der Waals surface area contributed by atoms with Crippen LogP contribution in [0, 0.1) is 5.92 Å². The Morgan fingerprint density at radius 1 is 0.778 bits per heavy atom. The Kier molecular flexibility index (Phi) is 10.9. The summed E-state index contributed by atoms with van der Waals surface area (Å²) in [5.41, 5.74) is 10.2. The molecule has 4 amide bonds. The number of hydrogen-bond acceptors (Lipinski definition) is 6. The van der Waals surface area contributed by atoms with E-state index in [0.29, 0.717) is 0 Å². The van der Waals surface area contributed by atoms with Gasteiger partial charge in [0.2, 0.25) is 17.7 Å². The Morgan fingerprint density at radius 2 is 1.36 bits per heavy atom. The lowest BCUT2D eigenvalue weighted by atomic mass is 9.98. The molecule has 0 saturated heterocycles. The number of rotatable bonds is 14. The Labute approximate surface area is 261 Å². The summed E-state index contributed by atoms with van der Waals surface area (Å²) in [5.74, 6) is -4.04. The Bertz CT molecular complexity index is 1500. The number of carbonyl (C=O) groups excluding carboxylic acids is 4. The van der Waals surface area contributed by atoms with E-state index in [2.05, 4.69) is 16.0 Å². The van der Waals surface area contributed by atoms with E-state index < -0.39 is 53.8 Å². The molecule has 3 aromatic rings. The molecule has 236 valence electrons. The molecule has 4 rings (SSSR count). The third-order valence-electron chi connectivity index (χ3n) is 7.78. The molecule has 0 spiro atoms. The van der Waals surface area contributed by atoms with Gasteiger partial charge in [0.1, 0.15) is 24.7 Å². The second-order valence-corrected chi connectivity index (χ2v) is 11.3. The predicted molar refractivity (Wildman–Crippen MR) is 167 cm³/mol. The number of nitrogens with one attached hydrogen (secondary N) is 3. The van der Waals surface area contributed by atoms with Gasteiger partial charge in [-0.05, 0) is 40.2 Å². The molecule has 0 fully saturated rings. The molecule has 0 heterocycles. The minimum atomic E-state index is -1.37. The van der Waals surface area contributed by atoms with Crippen molar-refractivity contribution in [3.8, 4) is 11.1 Å². The van der Waals surface area contributed by atoms with Gasteiger partial charge in [0.15, 0.2) is 0 Å². The number of aliphatic carboxylic acids is 1. The van der Waals surface area contributed by atoms with Crippen molar-refractivity contribution in [2.45, 2.75) is 57.2 Å². The third-order valence-corrected chi connectivity index (χ3v) is 7.78. The largest absolute Gasteiger partial charge is 0.480 e. The zero-order valence-corrected chi connectivity index (χ0v) is 25.2. The van der Waals surface area contributed by atoms with Gasteiger partial charge in [0, 0.05) is 18.8 Å². The van der Waals surface area contributed by atoms with Crippen LogP contribution in [0.15, 0.2) is 78.9 Å². The van der Waals surface area contributed by atoms with E-state index in [4.69, 9.17) is 10.5 Å². The molecule has 1 aliphatic carbocycles. The number of amides is 4. The number of benzene rings is 3. The second-order valence-electron chi connectivity index (χ2n) is 11.3. The van der Waals surface area contributed by atoms with E-state index in [0.717, 1.165) is 27.8 Å². The van der Waals surface area contributed by atoms with Gasteiger partial charge in [-0.25, -0.2) is 9.59 Å². The third kappa shape index (κ3) is 8.47. The van der Waals surface area contributed by atoms with Crippen molar-refractivity contribution in [1.29, 1.82) is 0 Å². The van der Waals surface area contributed by atoms with E-state index in [1.807, 2.05) is 66.7 Å². The number of fused-ring (bicyclic) bond motifs is 3. The molecular formula is C34H38N4O7. The van der Waals surface area contributed by atoms with Crippen LogP contribution < -0.4 is 21.7 Å². The van der Waals surface area contributed by atoms with Gasteiger partial charge in [0.05, 0.1) is 0 Å². The summed E-state index contributed by atoms with van der Waals surface area (Å²) in [6, 6.07) is 21.3. The van der Waals surface area contributed by atoms with Crippen molar-refractivity contribution in [2.75, 3.05) is 6.61 Å². The minimum absolute atomic E-state index is 0.0540. The quantitative estimate of drug-likeness (QED) is 0.185. The number of carboxylic acids is 1. The molecule has 45 heavy (non-hydrogen) atoms. The minimum Gasteiger partial charge on any atom is -0.480 e. The number of carboxylic acid groups (broad SMARTS) is 1. The first-order chi connectivity index (χ1) is 21.5. The normalized spacial score (nSPS) is 13.9. The number of alkyl carbamates (subject to hydrolysis) is 1. The number of nitrogens with two attached hydrogens (primary N) is 1. The maximum atomic E-state index is 13.6. The lowest BCUT2D eigenvalue weighted by molar-refractivity contribution is -0.142. The molecular weight excluding hydrogens is 576 g/mol. The van der Waals surface area contributed by atoms with Crippen molar-refractivity contribution >= 4 is 29.8 Å². The van der Waals surface area contributed by atoms with Gasteiger partial charge >= 0.3 is 12.1 Å². The fourth-order valence-corrected chi connectivity index (χ4v) is 5.44. The van der Waals surface area contributed by atoms with E-state index in [9.17, 15) is 29.1 Å². The van der Waals surface area contributed by atoms with Crippen LogP contribution in [-0.4, -0.2) is 59.6 Å². The number of ether oxygens (including phenoxy) is 1. The summed E-state index contributed by atoms with van der Waals surface area (Å²) in [6.07, 6.45) is -1.12. The van der Waals surface area contributed by atoms with Crippen LogP contribution in [-0.2, 0) is 30.3 Å². The first-order valence-corrected chi connectivity index (χ1v) is 14.8. The standard InChI is InChI=1S/C34H38N4O7/c1-20(2)30(32(41)36-27(33(42)43)16-17-29(35)39)38-31(40)28(18-21-10-4-3-5-11-21)37-34(44)45-19-26-24-14-8-6-12-22(24)23-13-7-9-15-25(23)26/h3-15,20,26-28,30H,16-19H2,1-2H3,(H2,35,39)(H,36,41)(H,37,44)(H,38,40)(H,42,43)/t27-,28-,30-/m0/s1. The van der Waals surface area contributed by atoms with Gasteiger partial charge < -0.3 is 31.5 Å². The topological polar surface area (TPSA) is 177 Å². The number of primary amides is 1. The van der Waals surface area contributed by atoms with Crippen LogP contribution in [0.25, 0.3) is 11.1 Å². The van der Waals surface area contributed by atoms with Crippen molar-refractivity contribution in [1.82, 2.24) is 16.0 Å². The van der Waals surface area contributed by atoms with Gasteiger partial charge in [-0.3, -0.25) is 14.4 Å². The van der Waals surface area contributed by atoms with Gasteiger partial charge in [-0.15, -0.1) is 0 Å². The summed E-state index contributed by atoms with van der Waals surface area (Å²) >= 11 is 0. The van der Waals surface area contributed by atoms with Crippen LogP contribution in [0.4, 0.5) is 4.79 Å². The molecule has 0 saturated carbocycles. The van der Waals surface area contributed by atoms with E-state index in [1.54, 1.807) is 26.0 Å². The SMILES string of the molecule is CC(C)[C@H](NC(=O)[C@H](Cc1ccccc1)NC(=O)OCC1c2ccccc2-c2ccccc21)C(=O)N[C@@H](CCC(N)=O)C(=O)O. The summed E-state index contributed by atoms with van der Waals surface area (Å²) in [6.45, 7) is 3.43. The Balaban J connectivity index is 1.46. The second kappa shape index (κ2) is 15.0. The van der Waals surface area contributed by atoms with Gasteiger partial charge in [-0.1, -0.05) is 92.7 Å². The molecule has 1 aliphatic rings. The lowest BCUT2D eigenvalue weighted by Gasteiger charge is -2.26. The molecule has 0 radical (unpaired) electrons. The maximum absolute atomic E-state index is 13.6. The van der Waals surface area contributed by atoms with Crippen LogP contribution in [0.2, 0.25) is 0 Å². The predicted octanol–water partition coefficient (Wildman–Crippen LogP) is 3.11. The van der Waals surface area contributed by atoms with E-state index >= 15 is 0 Å². The van der Waals surface area contributed by atoms with Crippen LogP contribution >= 0.6 is 0 Å². The summed E-state index contributed by atoms with van der Waals surface area (Å²) in [7, 11) is 0. The van der Waals surface area contributed by atoms with Crippen molar-refractivity contribution in [2.24, 2.45) is 11.7 Å². The molecule has 11 nitrogen and oxygen atoms in total. The average Bonchev–Trinajstić information content (AvgIpc) is 3.34. The smallest absolute Gasteiger partial charge is 0.407 e. The molecule has 3 aromatic carbocycles. The summed E-state index contributed by atoms with van der Waals surface area (Å²) in [4.78, 5) is 62.7. The first kappa shape index (κ1) is 32.7. The van der Waals surface area contributed by atoms with Gasteiger partial charge in [-0.2, -0.15) is 0 Å². The molecule has 0 aromatic heterocycles. The highest BCUT2D eigenvalue weighted by Crippen LogP contribution is 2.44. The van der Waals surface area contributed by atoms with Crippen molar-refractivity contribution in [3.05, 3.63) is 95.6 Å². The first-order valence-electron chi connectivity index (χ1n) is 14.8. The molecule has 0 aliphatic heterocycles. The van der Waals surface area contributed by atoms with E-state index in [1.165, 1.54) is 0 Å². The molecule has 11 heteroatoms. The summed E-state index contributed by atoms with van der Waals surface area (Å²) in [5, 5.41) is 17.2. The zero-order chi connectivity index (χ0) is 32.5. The van der Waals surface area contributed by atoms with Crippen molar-refractivity contribution < 1.29 is 33.8 Å². The van der Waals surface area contributed by atoms with Crippen LogP contribution in [0.5, 0.6) is 0 Å². The highest BCUT2D eigenvalue weighted by molar-refractivity contribution is 5.93. The van der Waals surface area contributed by atoms with Crippen LogP contribution in [0.1, 0.15) is 49.3 Å². The number of hydrogen-bond donors (Lipinski definition) is 5. The highest BCUT2D eigenvalue weighted by atomic mass is 16.5. The summed E-state index contributed by atoms with van der Waals surface area (Å²) < 4.78 is 5.67. The molecule has 6 N–H and O–H groups in total. The highest BCUT2D eigenvalue weighted by Gasteiger charge is 2.33. The average molecular weight is 615 g/mol. The molecule has 3 atom stereocenters. The fourth-order valence-electron chi connectivity index (χ4n) is 5.44. The zero-order valence-electron chi connectivity index (χ0n) is 25.2. The Hall–Kier alpha value is -5.19. The molecule has 0 unspecified atom stereocenters. The monoisotopic (exact) mass is 614 g/mol. The van der Waals surface area contributed by atoms with Crippen molar-refractivity contribution in [3.63, 3.8) is 0 Å². The fraction of sp³-hybridized carbons (Fsp3) is 0.324. The Morgan fingerprint density at radius 3 is 1.91 bits per heavy atom. The molecule has 0 bridgehead atoms. The number of carbonyl (C=O) groups is 5. The maximum Gasteiger partial charge on any atom is 0.407 e. The lowest BCUT2D eigenvalue weighted by Crippen LogP contribution is -2.57. The van der Waals surface area contributed by atoms with E-state index in [-0.39, 0.29) is 31.8 Å². The van der Waals surface area contributed by atoms with Crippen LogP contribution in [0.3, 0.4) is 0 Å². The van der Waals surface area contributed by atoms with Gasteiger partial charge in [0.25, 0.3) is 0 Å².